The van der Waals surface area contributed by atoms with Crippen LogP contribution in [0, 0.1) is 0 Å². The van der Waals surface area contributed by atoms with Crippen LogP contribution in [0.4, 0.5) is 0 Å². The second-order valence-corrected chi connectivity index (χ2v) is 14.7. The molecule has 0 fully saturated rings. The largest absolute Gasteiger partial charge is 0.106 e. The van der Waals surface area contributed by atoms with Crippen LogP contribution in [-0.4, -0.2) is 0 Å². The predicted octanol–water partition coefficient (Wildman–Crippen LogP) is 17.3. The van der Waals surface area contributed by atoms with Crippen LogP contribution in [-0.2, 0) is 0 Å². The highest BCUT2D eigenvalue weighted by atomic mass is 14.2. The summed E-state index contributed by atoms with van der Waals surface area (Å²) >= 11 is 0. The Morgan fingerprint density at radius 1 is 0.190 bits per heavy atom. The predicted molar refractivity (Wildman–Crippen MR) is 259 cm³/mol. The third kappa shape index (κ3) is 5.15. The number of benzene rings is 13. The Bertz CT molecular complexity index is 3210. The normalized spacial score (nSPS) is 11.4. The van der Waals surface area contributed by atoms with Crippen LogP contribution in [0.3, 0.4) is 0 Å². The van der Waals surface area contributed by atoms with Crippen LogP contribution in [0.5, 0.6) is 0 Å². The Morgan fingerprint density at radius 3 is 0.517 bits per heavy atom. The maximum atomic E-state index is 3.00. The molecular formula is C58H42. The molecule has 0 heterocycles. The summed E-state index contributed by atoms with van der Waals surface area (Å²) in [5.74, 6) is 0. The summed E-state index contributed by atoms with van der Waals surface area (Å²) in [6, 6.07) is 71.1. The highest BCUT2D eigenvalue weighted by Gasteiger charge is 2.16. The van der Waals surface area contributed by atoms with Gasteiger partial charge in [0.1, 0.15) is 0 Å². The van der Waals surface area contributed by atoms with Crippen LogP contribution >= 0.6 is 0 Å². The molecule has 0 aliphatic carbocycles. The van der Waals surface area contributed by atoms with Crippen LogP contribution in [0.25, 0.3) is 118 Å². The Hall–Kier alpha value is -7.28. The fraction of sp³-hybridized carbons (Fsp3) is 0.0345. The second-order valence-electron chi connectivity index (χ2n) is 14.7. The van der Waals surface area contributed by atoms with E-state index in [9.17, 15) is 0 Å². The lowest BCUT2D eigenvalue weighted by Gasteiger charge is -2.17. The quantitative estimate of drug-likeness (QED) is 0.0826. The number of hydrogen-bond donors (Lipinski definition) is 0. The van der Waals surface area contributed by atoms with Crippen molar-refractivity contribution in [1.29, 1.82) is 0 Å². The molecule has 0 spiro atoms. The SMILES string of the molecule is C=C.CC.c1ccc2c(c1)c1cccc3c4ccccc4c4cccc2c4c13.c1ccc2c(c1)c1ccccc1c1cc3c4ccccc4c4ccccc4c3cc21. The van der Waals surface area contributed by atoms with E-state index in [0.717, 1.165) is 0 Å². The van der Waals surface area contributed by atoms with Crippen molar-refractivity contribution in [3.05, 3.63) is 207 Å². The minimum Gasteiger partial charge on any atom is -0.106 e. The third-order valence-corrected chi connectivity index (χ3v) is 12.0. The average molecular weight is 739 g/mol. The molecule has 58 heavy (non-hydrogen) atoms. The lowest BCUT2D eigenvalue weighted by atomic mass is 9.86. The van der Waals surface area contributed by atoms with Gasteiger partial charge < -0.3 is 0 Å². The Balaban J connectivity index is 0.000000132. The van der Waals surface area contributed by atoms with Crippen molar-refractivity contribution < 1.29 is 0 Å². The average Bonchev–Trinajstić information content (AvgIpc) is 3.32. The molecule has 274 valence electrons. The zero-order valence-electron chi connectivity index (χ0n) is 32.9. The Kier molecular flexibility index (Phi) is 8.69. The van der Waals surface area contributed by atoms with Gasteiger partial charge in [0, 0.05) is 0 Å². The summed E-state index contributed by atoms with van der Waals surface area (Å²) in [6.07, 6.45) is 0. The molecule has 0 radical (unpaired) electrons. The van der Waals surface area contributed by atoms with Crippen molar-refractivity contribution in [3.8, 4) is 0 Å². The van der Waals surface area contributed by atoms with E-state index in [1.807, 2.05) is 13.8 Å². The van der Waals surface area contributed by atoms with Crippen LogP contribution < -0.4 is 0 Å². The van der Waals surface area contributed by atoms with Gasteiger partial charge in [-0.15, -0.1) is 13.2 Å². The summed E-state index contributed by atoms with van der Waals surface area (Å²) in [4.78, 5) is 0. The van der Waals surface area contributed by atoms with E-state index in [2.05, 4.69) is 207 Å². The van der Waals surface area contributed by atoms with Crippen molar-refractivity contribution in [1.82, 2.24) is 0 Å². The van der Waals surface area contributed by atoms with Gasteiger partial charge in [-0.05, 0) is 131 Å². The van der Waals surface area contributed by atoms with E-state index >= 15 is 0 Å². The fourth-order valence-corrected chi connectivity index (χ4v) is 9.75. The minimum absolute atomic E-state index is 1.32. The van der Waals surface area contributed by atoms with Gasteiger partial charge >= 0.3 is 0 Å². The van der Waals surface area contributed by atoms with E-state index in [1.54, 1.807) is 0 Å². The monoisotopic (exact) mass is 738 g/mol. The van der Waals surface area contributed by atoms with E-state index in [4.69, 9.17) is 0 Å². The van der Waals surface area contributed by atoms with E-state index in [-0.39, 0.29) is 0 Å². The lowest BCUT2D eigenvalue weighted by Crippen LogP contribution is -1.88. The van der Waals surface area contributed by atoms with Crippen molar-refractivity contribution in [2.45, 2.75) is 13.8 Å². The fourth-order valence-electron chi connectivity index (χ4n) is 9.75. The molecule has 0 N–H and O–H groups in total. The zero-order valence-corrected chi connectivity index (χ0v) is 32.9. The standard InChI is InChI=1S/C30H18.C24H14.C2H6.C2H4/c1-5-13-23-19(9-1)20-10-2-6-14-24(20)28-18-30-26-16-8-4-12-22(26)21-11-3-7-15-25(21)29(30)17-27(23)28;1-2-8-16-15(7-1)19-11-5-13-21-17-9-3-4-10-18(17)22-14-6-12-20(16)24(22)23(19)21;2*1-2/h1-18H;1-14H;1-2H3;1-2H2. The molecule has 0 aliphatic rings. The third-order valence-electron chi connectivity index (χ3n) is 12.0. The first-order chi connectivity index (χ1) is 28.8. The van der Waals surface area contributed by atoms with Gasteiger partial charge in [0.25, 0.3) is 0 Å². The zero-order chi connectivity index (χ0) is 39.3. The first-order valence-electron chi connectivity index (χ1n) is 20.4. The molecule has 0 aliphatic heterocycles. The van der Waals surface area contributed by atoms with Crippen molar-refractivity contribution in [2.24, 2.45) is 0 Å². The lowest BCUT2D eigenvalue weighted by molar-refractivity contribution is 1.50. The summed E-state index contributed by atoms with van der Waals surface area (Å²) in [6.45, 7) is 10.0. The van der Waals surface area contributed by atoms with E-state index < -0.39 is 0 Å². The number of fused-ring (bicyclic) bond motifs is 18. The smallest absolute Gasteiger partial charge is 0.00139 e. The molecule has 0 bridgehead atoms. The second kappa shape index (κ2) is 14.3. The molecule has 0 saturated heterocycles. The first kappa shape index (κ1) is 35.2. The molecule has 13 aromatic rings. The van der Waals surface area contributed by atoms with Gasteiger partial charge in [0.05, 0.1) is 0 Å². The highest BCUT2D eigenvalue weighted by Crippen LogP contribution is 2.45. The minimum atomic E-state index is 1.32. The van der Waals surface area contributed by atoms with Crippen LogP contribution in [0.1, 0.15) is 13.8 Å². The maximum Gasteiger partial charge on any atom is -0.00139 e. The van der Waals surface area contributed by atoms with Crippen molar-refractivity contribution in [2.75, 3.05) is 0 Å². The number of hydrogen-bond acceptors (Lipinski definition) is 0. The summed E-state index contributed by atoms with van der Waals surface area (Å²) in [7, 11) is 0. The summed E-state index contributed by atoms with van der Waals surface area (Å²) in [5, 5.41) is 29.5. The number of rotatable bonds is 0. The van der Waals surface area contributed by atoms with Crippen LogP contribution in [0.2, 0.25) is 0 Å². The van der Waals surface area contributed by atoms with Gasteiger partial charge in [-0.3, -0.25) is 0 Å². The molecule has 13 rings (SSSR count). The van der Waals surface area contributed by atoms with Gasteiger partial charge in [0.2, 0.25) is 0 Å². The first-order valence-corrected chi connectivity index (χ1v) is 20.4. The molecule has 0 unspecified atom stereocenters. The van der Waals surface area contributed by atoms with Gasteiger partial charge in [-0.1, -0.05) is 196 Å². The molecule has 0 atom stereocenters. The van der Waals surface area contributed by atoms with Crippen molar-refractivity contribution >= 4 is 118 Å². The molecule has 0 saturated carbocycles. The molecular weight excluding hydrogens is 697 g/mol. The van der Waals surface area contributed by atoms with Gasteiger partial charge in [-0.25, -0.2) is 0 Å². The molecule has 0 aromatic heterocycles. The summed E-state index contributed by atoms with van der Waals surface area (Å²) < 4.78 is 0. The van der Waals surface area contributed by atoms with Crippen molar-refractivity contribution in [3.63, 3.8) is 0 Å². The highest BCUT2D eigenvalue weighted by molar-refractivity contribution is 6.40. The van der Waals surface area contributed by atoms with E-state index in [1.165, 1.54) is 118 Å². The summed E-state index contributed by atoms with van der Waals surface area (Å²) in [5.41, 5.74) is 0. The topological polar surface area (TPSA) is 0 Å². The molecule has 0 nitrogen and oxygen atoms in total. The maximum absolute atomic E-state index is 3.00. The molecule has 13 aromatic carbocycles. The van der Waals surface area contributed by atoms with Crippen LogP contribution in [0.15, 0.2) is 207 Å². The molecule has 0 heteroatoms. The van der Waals surface area contributed by atoms with E-state index in [0.29, 0.717) is 0 Å². The van der Waals surface area contributed by atoms with Gasteiger partial charge in [0.15, 0.2) is 0 Å². The Morgan fingerprint density at radius 2 is 0.328 bits per heavy atom. The van der Waals surface area contributed by atoms with Gasteiger partial charge in [-0.2, -0.15) is 0 Å². The molecule has 0 amide bonds. The Labute approximate surface area is 338 Å².